The van der Waals surface area contributed by atoms with Gasteiger partial charge in [0.05, 0.1) is 12.0 Å². The monoisotopic (exact) mass is 382 g/mol. The molecule has 0 aromatic heterocycles. The van der Waals surface area contributed by atoms with Crippen molar-refractivity contribution in [1.82, 2.24) is 9.03 Å². The summed E-state index contributed by atoms with van der Waals surface area (Å²) in [6.45, 7) is 2.21. The molecule has 0 saturated carbocycles. The Balaban J connectivity index is 2.65. The average Bonchev–Trinajstić information content (AvgIpc) is 2.45. The predicted octanol–water partition coefficient (Wildman–Crippen LogP) is 1.82. The van der Waals surface area contributed by atoms with E-state index in [1.54, 1.807) is 24.3 Å². The molecule has 0 fully saturated rings. The van der Waals surface area contributed by atoms with Crippen LogP contribution in [0.5, 0.6) is 0 Å². The second-order valence-electron chi connectivity index (χ2n) is 5.29. The Morgan fingerprint density at radius 2 is 1.74 bits per heavy atom. The maximum Gasteiger partial charge on any atom is 0.211 e. The van der Waals surface area contributed by atoms with Gasteiger partial charge in [-0.15, -0.1) is 0 Å². The van der Waals surface area contributed by atoms with E-state index in [1.807, 2.05) is 6.92 Å². The molecule has 0 saturated heterocycles. The molecule has 0 spiro atoms. The summed E-state index contributed by atoms with van der Waals surface area (Å²) in [5.74, 6) is 0.0551. The third-order valence-corrected chi connectivity index (χ3v) is 6.16. The summed E-state index contributed by atoms with van der Waals surface area (Å²) in [7, 11) is -6.79. The second-order valence-corrected chi connectivity index (χ2v) is 9.64. The minimum absolute atomic E-state index is 0.0483. The topological polar surface area (TPSA) is 83.6 Å². The second kappa shape index (κ2) is 8.98. The number of hydrogen-bond acceptors (Lipinski definition) is 4. The molecule has 0 bridgehead atoms. The number of unbranched alkanes of at least 4 members (excludes halogenated alkanes) is 1. The molecule has 1 N–H and O–H groups in total. The van der Waals surface area contributed by atoms with Crippen molar-refractivity contribution in [3.05, 3.63) is 34.9 Å². The van der Waals surface area contributed by atoms with Crippen LogP contribution in [0.1, 0.15) is 25.3 Å². The van der Waals surface area contributed by atoms with Crippen molar-refractivity contribution in [2.24, 2.45) is 0 Å². The number of rotatable bonds is 10. The van der Waals surface area contributed by atoms with Crippen molar-refractivity contribution in [3.63, 3.8) is 0 Å². The highest BCUT2D eigenvalue weighted by Gasteiger charge is 2.18. The Morgan fingerprint density at radius 3 is 2.26 bits per heavy atom. The Hall–Kier alpha value is -0.670. The van der Waals surface area contributed by atoms with Crippen LogP contribution >= 0.6 is 11.6 Å². The molecule has 23 heavy (non-hydrogen) atoms. The van der Waals surface area contributed by atoms with Crippen LogP contribution in [0.25, 0.3) is 0 Å². The van der Waals surface area contributed by atoms with Crippen LogP contribution in [0.2, 0.25) is 5.02 Å². The first-order valence-electron chi connectivity index (χ1n) is 7.31. The minimum atomic E-state index is -3.44. The van der Waals surface area contributed by atoms with E-state index in [4.69, 9.17) is 11.6 Å². The summed E-state index contributed by atoms with van der Waals surface area (Å²) in [4.78, 5) is 0. The van der Waals surface area contributed by atoms with Crippen LogP contribution in [0, 0.1) is 0 Å². The van der Waals surface area contributed by atoms with Crippen molar-refractivity contribution in [2.75, 3.05) is 25.1 Å². The molecule has 1 rings (SSSR count). The maximum atomic E-state index is 11.9. The molecule has 0 radical (unpaired) electrons. The zero-order chi connectivity index (χ0) is 17.5. The van der Waals surface area contributed by atoms with Gasteiger partial charge in [-0.3, -0.25) is 0 Å². The van der Waals surface area contributed by atoms with E-state index in [-0.39, 0.29) is 25.4 Å². The molecular weight excluding hydrogens is 360 g/mol. The first kappa shape index (κ1) is 20.4. The third kappa shape index (κ3) is 8.12. The van der Waals surface area contributed by atoms with Crippen LogP contribution < -0.4 is 4.72 Å². The van der Waals surface area contributed by atoms with Crippen LogP contribution in [0.4, 0.5) is 0 Å². The molecule has 132 valence electrons. The Bertz CT molecular complexity index is 688. The average molecular weight is 383 g/mol. The van der Waals surface area contributed by atoms with Gasteiger partial charge >= 0.3 is 0 Å². The molecular formula is C14H23ClN2O4S2. The zero-order valence-corrected chi connectivity index (χ0v) is 15.7. The summed E-state index contributed by atoms with van der Waals surface area (Å²) in [6, 6.07) is 6.85. The lowest BCUT2D eigenvalue weighted by atomic mass is 10.2. The first-order valence-corrected chi connectivity index (χ1v) is 11.2. The van der Waals surface area contributed by atoms with Gasteiger partial charge in [-0.1, -0.05) is 37.1 Å². The largest absolute Gasteiger partial charge is 0.214 e. The standard InChI is InChI=1S/C14H23ClN2O4S2/c1-3-4-11-23(20,21)16-9-10-17(22(2,18)19)12-13-5-7-14(15)8-6-13/h5-8,16H,3-4,9-12H2,1-2H3. The SMILES string of the molecule is CCCCS(=O)(=O)NCCN(Cc1ccc(Cl)cc1)S(C)(=O)=O. The lowest BCUT2D eigenvalue weighted by molar-refractivity contribution is 0.412. The number of nitrogens with zero attached hydrogens (tertiary/aromatic N) is 1. The van der Waals surface area contributed by atoms with Crippen LogP contribution in [-0.2, 0) is 26.6 Å². The maximum absolute atomic E-state index is 11.9. The molecule has 0 atom stereocenters. The highest BCUT2D eigenvalue weighted by atomic mass is 35.5. The van der Waals surface area contributed by atoms with Gasteiger partial charge in [0.15, 0.2) is 0 Å². The molecule has 0 aliphatic carbocycles. The molecule has 1 aromatic rings. The Labute approximate surface area is 143 Å². The molecule has 0 unspecified atom stereocenters. The quantitative estimate of drug-likeness (QED) is 0.669. The highest BCUT2D eigenvalue weighted by molar-refractivity contribution is 7.89. The van der Waals surface area contributed by atoms with E-state index < -0.39 is 20.0 Å². The van der Waals surface area contributed by atoms with E-state index in [1.165, 1.54) is 4.31 Å². The predicted molar refractivity (Wildman–Crippen MR) is 93.4 cm³/mol. The van der Waals surface area contributed by atoms with Crippen LogP contribution in [-0.4, -0.2) is 46.2 Å². The van der Waals surface area contributed by atoms with E-state index in [2.05, 4.69) is 4.72 Å². The van der Waals surface area contributed by atoms with E-state index in [9.17, 15) is 16.8 Å². The fraction of sp³-hybridized carbons (Fsp3) is 0.571. The van der Waals surface area contributed by atoms with Crippen LogP contribution in [0.15, 0.2) is 24.3 Å². The van der Waals surface area contributed by atoms with Crippen molar-refractivity contribution >= 4 is 31.6 Å². The van der Waals surface area contributed by atoms with Crippen molar-refractivity contribution < 1.29 is 16.8 Å². The summed E-state index contributed by atoms with van der Waals surface area (Å²) in [6.07, 6.45) is 2.47. The molecule has 0 amide bonds. The first-order chi connectivity index (χ1) is 10.6. The van der Waals surface area contributed by atoms with Gasteiger partial charge in [0.2, 0.25) is 20.0 Å². The van der Waals surface area contributed by atoms with Crippen molar-refractivity contribution in [1.29, 1.82) is 0 Å². The number of sulfonamides is 2. The lowest BCUT2D eigenvalue weighted by Gasteiger charge is -2.20. The molecule has 0 aliphatic rings. The van der Waals surface area contributed by atoms with E-state index >= 15 is 0 Å². The number of hydrogen-bond donors (Lipinski definition) is 1. The summed E-state index contributed by atoms with van der Waals surface area (Å²) >= 11 is 5.80. The number of halogens is 1. The number of benzene rings is 1. The fourth-order valence-corrected chi connectivity index (χ4v) is 4.04. The number of nitrogens with one attached hydrogen (secondary N) is 1. The van der Waals surface area contributed by atoms with Crippen LogP contribution in [0.3, 0.4) is 0 Å². The Kier molecular flexibility index (Phi) is 7.96. The smallest absolute Gasteiger partial charge is 0.211 e. The minimum Gasteiger partial charge on any atom is -0.214 e. The van der Waals surface area contributed by atoms with Crippen molar-refractivity contribution in [3.8, 4) is 0 Å². The van der Waals surface area contributed by atoms with Gasteiger partial charge < -0.3 is 0 Å². The van der Waals surface area contributed by atoms with Gasteiger partial charge in [-0.2, -0.15) is 4.31 Å². The van der Waals surface area contributed by atoms with Gasteiger partial charge in [0, 0.05) is 24.7 Å². The third-order valence-electron chi connectivity index (χ3n) is 3.19. The summed E-state index contributed by atoms with van der Waals surface area (Å²) < 4.78 is 50.8. The summed E-state index contributed by atoms with van der Waals surface area (Å²) in [5.41, 5.74) is 0.786. The van der Waals surface area contributed by atoms with Crippen molar-refractivity contribution in [2.45, 2.75) is 26.3 Å². The highest BCUT2D eigenvalue weighted by Crippen LogP contribution is 2.13. The van der Waals surface area contributed by atoms with Gasteiger partial charge in [0.25, 0.3) is 0 Å². The lowest BCUT2D eigenvalue weighted by Crippen LogP contribution is -2.38. The van der Waals surface area contributed by atoms with Gasteiger partial charge in [-0.25, -0.2) is 21.6 Å². The molecule has 1 aromatic carbocycles. The van der Waals surface area contributed by atoms with Gasteiger partial charge in [-0.05, 0) is 24.1 Å². The normalized spacial score (nSPS) is 12.7. The Morgan fingerprint density at radius 1 is 1.13 bits per heavy atom. The fourth-order valence-electron chi connectivity index (χ4n) is 1.89. The molecule has 0 heterocycles. The van der Waals surface area contributed by atoms with E-state index in [0.29, 0.717) is 11.4 Å². The van der Waals surface area contributed by atoms with Gasteiger partial charge in [0.1, 0.15) is 0 Å². The molecule has 0 aliphatic heterocycles. The summed E-state index contributed by atoms with van der Waals surface area (Å²) in [5, 5.41) is 0.573. The van der Waals surface area contributed by atoms with E-state index in [0.717, 1.165) is 18.2 Å². The molecule has 6 nitrogen and oxygen atoms in total. The zero-order valence-electron chi connectivity index (χ0n) is 13.3. The molecule has 9 heteroatoms.